The summed E-state index contributed by atoms with van der Waals surface area (Å²) in [7, 11) is 1.65. The Labute approximate surface area is 177 Å². The second-order valence-corrected chi connectivity index (χ2v) is 7.67. The molecule has 0 unspecified atom stereocenters. The van der Waals surface area contributed by atoms with Crippen molar-refractivity contribution in [2.24, 2.45) is 0 Å². The van der Waals surface area contributed by atoms with E-state index >= 15 is 0 Å². The van der Waals surface area contributed by atoms with E-state index in [-0.39, 0.29) is 5.91 Å². The van der Waals surface area contributed by atoms with Gasteiger partial charge in [-0.1, -0.05) is 42.5 Å². The molecular formula is C25H27N3O2. The molecule has 0 radical (unpaired) electrons. The van der Waals surface area contributed by atoms with Crippen LogP contribution in [0.5, 0.6) is 5.75 Å². The van der Waals surface area contributed by atoms with Gasteiger partial charge in [0.25, 0.3) is 0 Å². The predicted octanol–water partition coefficient (Wildman–Crippen LogP) is 4.22. The number of anilines is 1. The number of aromatic nitrogens is 1. The first kappa shape index (κ1) is 20.1. The van der Waals surface area contributed by atoms with Crippen molar-refractivity contribution >= 4 is 11.6 Å². The van der Waals surface area contributed by atoms with E-state index in [1.807, 2.05) is 36.5 Å². The molecule has 0 spiro atoms. The Morgan fingerprint density at radius 2 is 1.87 bits per heavy atom. The number of pyridine rings is 1. The lowest BCUT2D eigenvalue weighted by molar-refractivity contribution is -0.116. The lowest BCUT2D eigenvalue weighted by Crippen LogP contribution is -2.31. The smallest absolute Gasteiger partial charge is 0.224 e. The Hall–Kier alpha value is -3.18. The van der Waals surface area contributed by atoms with E-state index in [4.69, 9.17) is 4.74 Å². The maximum absolute atomic E-state index is 12.5. The summed E-state index contributed by atoms with van der Waals surface area (Å²) in [5.41, 5.74) is 5.71. The Bertz CT molecular complexity index is 987. The van der Waals surface area contributed by atoms with Crippen LogP contribution >= 0.6 is 0 Å². The molecule has 1 amide bonds. The molecule has 0 saturated heterocycles. The monoisotopic (exact) mass is 401 g/mol. The van der Waals surface area contributed by atoms with Crippen LogP contribution in [0, 0.1) is 0 Å². The molecule has 154 valence electrons. The van der Waals surface area contributed by atoms with Crippen molar-refractivity contribution in [3.63, 3.8) is 0 Å². The molecule has 5 heteroatoms. The van der Waals surface area contributed by atoms with E-state index in [0.29, 0.717) is 12.8 Å². The zero-order chi connectivity index (χ0) is 20.8. The van der Waals surface area contributed by atoms with Crippen molar-refractivity contribution in [3.05, 3.63) is 89.2 Å². The highest BCUT2D eigenvalue weighted by Gasteiger charge is 2.20. The molecule has 4 rings (SSSR count). The van der Waals surface area contributed by atoms with Crippen LogP contribution < -0.4 is 10.1 Å². The SMILES string of the molecule is COc1ccc(CCC(=O)Nc2cncc3c2CCN(Cc2ccccc2)C3)cc1. The number of methoxy groups -OCH3 is 1. The molecule has 30 heavy (non-hydrogen) atoms. The second kappa shape index (κ2) is 9.55. The van der Waals surface area contributed by atoms with Gasteiger partial charge in [-0.25, -0.2) is 0 Å². The quantitative estimate of drug-likeness (QED) is 0.644. The normalized spacial score (nSPS) is 13.5. The Balaban J connectivity index is 1.35. The molecule has 1 aliphatic rings. The number of carbonyl (C=O) groups is 1. The molecule has 0 aliphatic carbocycles. The van der Waals surface area contributed by atoms with E-state index < -0.39 is 0 Å². The summed E-state index contributed by atoms with van der Waals surface area (Å²) in [5.74, 6) is 0.847. The summed E-state index contributed by atoms with van der Waals surface area (Å²) in [6.07, 6.45) is 5.76. The number of nitrogens with one attached hydrogen (secondary N) is 1. The van der Waals surface area contributed by atoms with Crippen LogP contribution in [0.3, 0.4) is 0 Å². The van der Waals surface area contributed by atoms with Gasteiger partial charge in [0, 0.05) is 32.3 Å². The van der Waals surface area contributed by atoms with Gasteiger partial charge < -0.3 is 10.1 Å². The molecule has 0 fully saturated rings. The largest absolute Gasteiger partial charge is 0.497 e. The van der Waals surface area contributed by atoms with Gasteiger partial charge in [-0.2, -0.15) is 0 Å². The van der Waals surface area contributed by atoms with Gasteiger partial charge in [0.2, 0.25) is 5.91 Å². The molecule has 0 atom stereocenters. The van der Waals surface area contributed by atoms with E-state index in [9.17, 15) is 4.79 Å². The zero-order valence-electron chi connectivity index (χ0n) is 17.3. The highest BCUT2D eigenvalue weighted by molar-refractivity contribution is 5.91. The fourth-order valence-corrected chi connectivity index (χ4v) is 3.90. The van der Waals surface area contributed by atoms with Gasteiger partial charge >= 0.3 is 0 Å². The van der Waals surface area contributed by atoms with Crippen molar-refractivity contribution in [2.45, 2.75) is 32.4 Å². The van der Waals surface area contributed by atoms with Gasteiger partial charge in [-0.05, 0) is 47.2 Å². The van der Waals surface area contributed by atoms with Gasteiger partial charge in [-0.3, -0.25) is 14.7 Å². The summed E-state index contributed by atoms with van der Waals surface area (Å²) in [6, 6.07) is 18.4. The van der Waals surface area contributed by atoms with Crippen LogP contribution in [0.15, 0.2) is 67.0 Å². The number of ether oxygens (including phenoxy) is 1. The number of amides is 1. The summed E-state index contributed by atoms with van der Waals surface area (Å²) < 4.78 is 5.18. The third-order valence-electron chi connectivity index (χ3n) is 5.54. The number of fused-ring (bicyclic) bond motifs is 1. The van der Waals surface area contributed by atoms with Gasteiger partial charge in [-0.15, -0.1) is 0 Å². The van der Waals surface area contributed by atoms with Gasteiger partial charge in [0.05, 0.1) is 19.0 Å². The first-order valence-electron chi connectivity index (χ1n) is 10.4. The first-order chi connectivity index (χ1) is 14.7. The Morgan fingerprint density at radius 1 is 1.07 bits per heavy atom. The summed E-state index contributed by atoms with van der Waals surface area (Å²) in [5, 5.41) is 3.08. The molecule has 1 aliphatic heterocycles. The lowest BCUT2D eigenvalue weighted by Gasteiger charge is -2.29. The van der Waals surface area contributed by atoms with Crippen LogP contribution in [0.4, 0.5) is 5.69 Å². The van der Waals surface area contributed by atoms with Gasteiger partial charge in [0.1, 0.15) is 5.75 Å². The van der Waals surface area contributed by atoms with E-state index in [2.05, 4.69) is 39.5 Å². The lowest BCUT2D eigenvalue weighted by atomic mass is 9.99. The van der Waals surface area contributed by atoms with E-state index in [0.717, 1.165) is 43.1 Å². The highest BCUT2D eigenvalue weighted by atomic mass is 16.5. The third kappa shape index (κ3) is 5.05. The molecular weight excluding hydrogens is 374 g/mol. The minimum Gasteiger partial charge on any atom is -0.497 e. The van der Waals surface area contributed by atoms with Crippen LogP contribution in [-0.2, 0) is 30.7 Å². The van der Waals surface area contributed by atoms with Crippen molar-refractivity contribution in [2.75, 3.05) is 19.0 Å². The number of aryl methyl sites for hydroxylation is 1. The fourth-order valence-electron chi connectivity index (χ4n) is 3.90. The summed E-state index contributed by atoms with van der Waals surface area (Å²) in [6.45, 7) is 2.76. The molecule has 2 heterocycles. The highest BCUT2D eigenvalue weighted by Crippen LogP contribution is 2.26. The number of hydrogen-bond acceptors (Lipinski definition) is 4. The Morgan fingerprint density at radius 3 is 2.63 bits per heavy atom. The third-order valence-corrected chi connectivity index (χ3v) is 5.54. The van der Waals surface area contributed by atoms with Crippen LogP contribution in [0.1, 0.15) is 28.7 Å². The Kier molecular flexibility index (Phi) is 6.40. The molecule has 1 N–H and O–H groups in total. The minimum absolute atomic E-state index is 0.0210. The van der Waals surface area contributed by atoms with E-state index in [1.165, 1.54) is 16.7 Å². The molecule has 5 nitrogen and oxygen atoms in total. The summed E-state index contributed by atoms with van der Waals surface area (Å²) >= 11 is 0. The van der Waals surface area contributed by atoms with Crippen molar-refractivity contribution in [1.82, 2.24) is 9.88 Å². The van der Waals surface area contributed by atoms with Crippen molar-refractivity contribution in [1.29, 1.82) is 0 Å². The maximum Gasteiger partial charge on any atom is 0.224 e. The number of carbonyl (C=O) groups excluding carboxylic acids is 1. The standard InChI is InChI=1S/C25H27N3O2/c1-30-22-10-7-19(8-11-22)9-12-25(29)27-24-16-26-15-21-18-28(14-13-23(21)24)17-20-5-3-2-4-6-20/h2-8,10-11,15-16H,9,12-14,17-18H2,1H3,(H,27,29). The van der Waals surface area contributed by atoms with Crippen molar-refractivity contribution < 1.29 is 9.53 Å². The summed E-state index contributed by atoms with van der Waals surface area (Å²) in [4.78, 5) is 19.3. The van der Waals surface area contributed by atoms with Gasteiger partial charge in [0.15, 0.2) is 0 Å². The average Bonchev–Trinajstić information content (AvgIpc) is 2.79. The average molecular weight is 402 g/mol. The number of benzene rings is 2. The maximum atomic E-state index is 12.5. The molecule has 0 bridgehead atoms. The number of rotatable bonds is 7. The number of nitrogens with zero attached hydrogens (tertiary/aromatic N) is 2. The predicted molar refractivity (Wildman–Crippen MR) is 118 cm³/mol. The molecule has 2 aromatic carbocycles. The first-order valence-corrected chi connectivity index (χ1v) is 10.4. The second-order valence-electron chi connectivity index (χ2n) is 7.67. The van der Waals surface area contributed by atoms with Crippen molar-refractivity contribution in [3.8, 4) is 5.75 Å². The zero-order valence-corrected chi connectivity index (χ0v) is 17.3. The van der Waals surface area contributed by atoms with Crippen LogP contribution in [-0.4, -0.2) is 29.4 Å². The topological polar surface area (TPSA) is 54.5 Å². The molecule has 3 aromatic rings. The minimum atomic E-state index is 0.0210. The van der Waals surface area contributed by atoms with Crippen LogP contribution in [0.25, 0.3) is 0 Å². The van der Waals surface area contributed by atoms with E-state index in [1.54, 1.807) is 13.3 Å². The fraction of sp³-hybridized carbons (Fsp3) is 0.280. The van der Waals surface area contributed by atoms with Crippen LogP contribution in [0.2, 0.25) is 0 Å². The molecule has 0 saturated carbocycles. The number of hydrogen-bond donors (Lipinski definition) is 1. The molecule has 1 aromatic heterocycles.